The van der Waals surface area contributed by atoms with Gasteiger partial charge in [-0.25, -0.2) is 0 Å². The molecule has 32 heavy (non-hydrogen) atoms. The molecule has 1 saturated heterocycles. The highest BCUT2D eigenvalue weighted by molar-refractivity contribution is 5.92. The van der Waals surface area contributed by atoms with Crippen molar-refractivity contribution >= 4 is 17.9 Å². The van der Waals surface area contributed by atoms with Crippen molar-refractivity contribution in [1.29, 1.82) is 0 Å². The van der Waals surface area contributed by atoms with Crippen LogP contribution in [0, 0.1) is 5.92 Å². The number of ether oxygens (including phenoxy) is 1. The zero-order valence-electron chi connectivity index (χ0n) is 18.7. The van der Waals surface area contributed by atoms with E-state index in [0.717, 1.165) is 5.56 Å². The first-order chi connectivity index (χ1) is 15.4. The third kappa shape index (κ3) is 6.95. The molecule has 2 aromatic carbocycles. The van der Waals surface area contributed by atoms with Gasteiger partial charge in [0.25, 0.3) is 0 Å². The predicted molar refractivity (Wildman–Crippen MR) is 125 cm³/mol. The number of amides is 2. The van der Waals surface area contributed by atoms with Crippen LogP contribution >= 0.6 is 0 Å². The van der Waals surface area contributed by atoms with E-state index in [9.17, 15) is 14.7 Å². The maximum absolute atomic E-state index is 12.6. The predicted octanol–water partition coefficient (Wildman–Crippen LogP) is 3.58. The van der Waals surface area contributed by atoms with Gasteiger partial charge in [-0.2, -0.15) is 0 Å². The van der Waals surface area contributed by atoms with Gasteiger partial charge in [0, 0.05) is 31.6 Å². The van der Waals surface area contributed by atoms with Crippen molar-refractivity contribution in [3.8, 4) is 5.75 Å². The van der Waals surface area contributed by atoms with Crippen molar-refractivity contribution < 1.29 is 19.4 Å². The highest BCUT2D eigenvalue weighted by Gasteiger charge is 2.26. The number of aliphatic hydroxyl groups excluding tert-OH is 1. The number of nitrogens with one attached hydrogen (secondary N) is 1. The Morgan fingerprint density at radius 2 is 1.84 bits per heavy atom. The molecule has 0 bridgehead atoms. The van der Waals surface area contributed by atoms with Crippen LogP contribution < -0.4 is 10.1 Å². The fourth-order valence-electron chi connectivity index (χ4n) is 3.73. The molecule has 1 unspecified atom stereocenters. The van der Waals surface area contributed by atoms with Crippen LogP contribution in [0.5, 0.6) is 5.75 Å². The number of piperidine rings is 1. The molecule has 1 aliphatic rings. The summed E-state index contributed by atoms with van der Waals surface area (Å²) in [6.45, 7) is 5.13. The standard InChI is InChI=1S/C26H32N2O4/c1-19(2)32-23-10-6-9-22(17-23)24(29)18-27-26(31)21-13-15-28(16-14-21)25(30)12-11-20-7-4-3-5-8-20/h3-12,17,19,21,24,29H,13-16,18H2,1-2H3,(H,27,31)/b12-11+. The molecular weight excluding hydrogens is 404 g/mol. The number of hydrogen-bond acceptors (Lipinski definition) is 4. The summed E-state index contributed by atoms with van der Waals surface area (Å²) in [4.78, 5) is 26.8. The van der Waals surface area contributed by atoms with E-state index in [2.05, 4.69) is 5.32 Å². The molecule has 2 N–H and O–H groups in total. The second-order valence-electron chi connectivity index (χ2n) is 8.34. The maximum Gasteiger partial charge on any atom is 0.246 e. The van der Waals surface area contributed by atoms with E-state index in [0.29, 0.717) is 37.2 Å². The van der Waals surface area contributed by atoms with Crippen LogP contribution in [-0.2, 0) is 9.59 Å². The number of likely N-dealkylation sites (tertiary alicyclic amines) is 1. The molecule has 0 spiro atoms. The summed E-state index contributed by atoms with van der Waals surface area (Å²) in [5.41, 5.74) is 1.68. The number of benzene rings is 2. The normalized spacial score (nSPS) is 15.7. The van der Waals surface area contributed by atoms with E-state index in [4.69, 9.17) is 4.74 Å². The first kappa shape index (κ1) is 23.5. The number of carbonyl (C=O) groups is 2. The van der Waals surface area contributed by atoms with Gasteiger partial charge in [0.05, 0.1) is 12.2 Å². The van der Waals surface area contributed by atoms with Crippen LogP contribution in [-0.4, -0.2) is 47.6 Å². The summed E-state index contributed by atoms with van der Waals surface area (Å²) >= 11 is 0. The lowest BCUT2D eigenvalue weighted by molar-refractivity contribution is -0.132. The zero-order chi connectivity index (χ0) is 22.9. The Hall–Kier alpha value is -3.12. The Kier molecular flexibility index (Phi) is 8.45. The van der Waals surface area contributed by atoms with Crippen LogP contribution in [0.15, 0.2) is 60.7 Å². The van der Waals surface area contributed by atoms with E-state index in [1.54, 1.807) is 17.0 Å². The van der Waals surface area contributed by atoms with E-state index in [-0.39, 0.29) is 30.4 Å². The van der Waals surface area contributed by atoms with Gasteiger partial charge in [-0.3, -0.25) is 9.59 Å². The zero-order valence-corrected chi connectivity index (χ0v) is 18.7. The monoisotopic (exact) mass is 436 g/mol. The van der Waals surface area contributed by atoms with E-state index in [1.165, 1.54) is 0 Å². The van der Waals surface area contributed by atoms with Gasteiger partial charge < -0.3 is 20.1 Å². The van der Waals surface area contributed by atoms with Crippen molar-refractivity contribution in [2.24, 2.45) is 5.92 Å². The van der Waals surface area contributed by atoms with Crippen LogP contribution in [0.4, 0.5) is 0 Å². The van der Waals surface area contributed by atoms with Crippen molar-refractivity contribution in [1.82, 2.24) is 10.2 Å². The second-order valence-corrected chi connectivity index (χ2v) is 8.34. The average molecular weight is 437 g/mol. The molecule has 1 heterocycles. The van der Waals surface area contributed by atoms with Gasteiger partial charge in [0.15, 0.2) is 0 Å². The fourth-order valence-corrected chi connectivity index (χ4v) is 3.73. The van der Waals surface area contributed by atoms with Crippen LogP contribution in [0.1, 0.15) is 43.9 Å². The third-order valence-electron chi connectivity index (χ3n) is 5.48. The molecule has 2 amide bonds. The molecule has 1 fully saturated rings. The smallest absolute Gasteiger partial charge is 0.246 e. The molecule has 0 aromatic heterocycles. The molecule has 0 saturated carbocycles. The third-order valence-corrected chi connectivity index (χ3v) is 5.48. The maximum atomic E-state index is 12.6. The summed E-state index contributed by atoms with van der Waals surface area (Å²) < 4.78 is 5.66. The van der Waals surface area contributed by atoms with Crippen molar-refractivity contribution in [2.45, 2.75) is 38.9 Å². The largest absolute Gasteiger partial charge is 0.491 e. The van der Waals surface area contributed by atoms with Crippen LogP contribution in [0.3, 0.4) is 0 Å². The Morgan fingerprint density at radius 3 is 2.53 bits per heavy atom. The molecule has 2 aromatic rings. The number of nitrogens with zero attached hydrogens (tertiary/aromatic N) is 1. The molecular formula is C26H32N2O4. The Bertz CT molecular complexity index is 918. The Morgan fingerprint density at radius 1 is 1.12 bits per heavy atom. The molecule has 0 radical (unpaired) electrons. The van der Waals surface area contributed by atoms with E-state index >= 15 is 0 Å². The van der Waals surface area contributed by atoms with Gasteiger partial charge in [-0.05, 0) is 56.0 Å². The first-order valence-electron chi connectivity index (χ1n) is 11.2. The number of carbonyl (C=O) groups excluding carboxylic acids is 2. The lowest BCUT2D eigenvalue weighted by Crippen LogP contribution is -2.43. The second kappa shape index (κ2) is 11.5. The van der Waals surface area contributed by atoms with Crippen LogP contribution in [0.2, 0.25) is 0 Å². The van der Waals surface area contributed by atoms with Gasteiger partial charge >= 0.3 is 0 Å². The molecule has 1 atom stereocenters. The van der Waals surface area contributed by atoms with Crippen molar-refractivity contribution in [3.05, 3.63) is 71.8 Å². The summed E-state index contributed by atoms with van der Waals surface area (Å²) in [5.74, 6) is 0.429. The summed E-state index contributed by atoms with van der Waals surface area (Å²) in [5, 5.41) is 13.3. The van der Waals surface area contributed by atoms with Gasteiger partial charge in [0.2, 0.25) is 11.8 Å². The minimum absolute atomic E-state index is 0.0355. The summed E-state index contributed by atoms with van der Waals surface area (Å²) in [7, 11) is 0. The van der Waals surface area contributed by atoms with E-state index in [1.807, 2.05) is 68.5 Å². The van der Waals surface area contributed by atoms with Gasteiger partial charge in [-0.15, -0.1) is 0 Å². The molecule has 0 aliphatic carbocycles. The minimum atomic E-state index is -0.806. The van der Waals surface area contributed by atoms with Crippen LogP contribution in [0.25, 0.3) is 6.08 Å². The van der Waals surface area contributed by atoms with Gasteiger partial charge in [0.1, 0.15) is 5.75 Å². The van der Waals surface area contributed by atoms with Crippen molar-refractivity contribution in [2.75, 3.05) is 19.6 Å². The topological polar surface area (TPSA) is 78.9 Å². The van der Waals surface area contributed by atoms with Crippen molar-refractivity contribution in [3.63, 3.8) is 0 Å². The molecule has 1 aliphatic heterocycles. The fraction of sp³-hybridized carbons (Fsp3) is 0.385. The summed E-state index contributed by atoms with van der Waals surface area (Å²) in [6.07, 6.45) is 3.87. The molecule has 170 valence electrons. The first-order valence-corrected chi connectivity index (χ1v) is 11.2. The Balaban J connectivity index is 1.43. The lowest BCUT2D eigenvalue weighted by Gasteiger charge is -2.30. The highest BCUT2D eigenvalue weighted by Crippen LogP contribution is 2.21. The summed E-state index contributed by atoms with van der Waals surface area (Å²) in [6, 6.07) is 17.0. The molecule has 3 rings (SSSR count). The SMILES string of the molecule is CC(C)Oc1cccc(C(O)CNC(=O)C2CCN(C(=O)/C=C/c3ccccc3)CC2)c1. The highest BCUT2D eigenvalue weighted by atomic mass is 16.5. The molecule has 6 nitrogen and oxygen atoms in total. The molecule has 6 heteroatoms. The number of hydrogen-bond donors (Lipinski definition) is 2. The van der Waals surface area contributed by atoms with E-state index < -0.39 is 6.10 Å². The lowest BCUT2D eigenvalue weighted by atomic mass is 9.95. The minimum Gasteiger partial charge on any atom is -0.491 e. The number of aliphatic hydroxyl groups is 1. The number of rotatable bonds is 8. The Labute approximate surface area is 189 Å². The van der Waals surface area contributed by atoms with Gasteiger partial charge in [-0.1, -0.05) is 42.5 Å². The quantitative estimate of drug-likeness (QED) is 0.620. The average Bonchev–Trinajstić information content (AvgIpc) is 2.81.